The number of hydrogen-bond donors (Lipinski definition) is 0. The lowest BCUT2D eigenvalue weighted by Crippen LogP contribution is -2.50. The molecule has 206 valence electrons. The number of aromatic nitrogens is 6. The van der Waals surface area contributed by atoms with Gasteiger partial charge in [-0.2, -0.15) is 9.61 Å². The van der Waals surface area contributed by atoms with Crippen LogP contribution in [0.3, 0.4) is 0 Å². The van der Waals surface area contributed by atoms with E-state index in [-0.39, 0.29) is 17.4 Å². The molecular weight excluding hydrogens is 520 g/mol. The highest BCUT2D eigenvalue weighted by atomic mass is 16.6. The van der Waals surface area contributed by atoms with Crippen LogP contribution in [-0.2, 0) is 10.2 Å². The zero-order chi connectivity index (χ0) is 28.0. The van der Waals surface area contributed by atoms with Gasteiger partial charge in [0.2, 0.25) is 0 Å². The molecule has 0 spiro atoms. The first-order valence-corrected chi connectivity index (χ1v) is 13.8. The van der Waals surface area contributed by atoms with E-state index in [4.69, 9.17) is 9.84 Å². The van der Waals surface area contributed by atoms with Gasteiger partial charge < -0.3 is 14.5 Å². The van der Waals surface area contributed by atoms with Gasteiger partial charge in [0.05, 0.1) is 23.7 Å². The van der Waals surface area contributed by atoms with E-state index in [1.807, 2.05) is 24.3 Å². The molecule has 7 rings (SSSR count). The van der Waals surface area contributed by atoms with Crippen LogP contribution in [0.5, 0.6) is 0 Å². The summed E-state index contributed by atoms with van der Waals surface area (Å²) in [6, 6.07) is 17.7. The molecular formula is C30H28N8O3. The number of pyridine rings is 1. The third-order valence-electron chi connectivity index (χ3n) is 7.99. The molecule has 0 atom stereocenters. The molecule has 11 heteroatoms. The third-order valence-corrected chi connectivity index (χ3v) is 7.99. The Labute approximate surface area is 235 Å². The smallest absolute Gasteiger partial charge is 0.409 e. The maximum Gasteiger partial charge on any atom is 0.409 e. The SMILES string of the molecule is CCOC(=O)N1CCN(C(=O)c2ccc(-c3cnc4nnc(C5(c6ccc7ncccc7c6)CC5)n4n3)cc2)CC1. The molecule has 3 aromatic heterocycles. The molecule has 2 amide bonds. The quantitative estimate of drug-likeness (QED) is 0.326. The minimum absolute atomic E-state index is 0.0658. The van der Waals surface area contributed by atoms with Gasteiger partial charge in [0.25, 0.3) is 11.7 Å². The Morgan fingerprint density at radius 3 is 2.46 bits per heavy atom. The highest BCUT2D eigenvalue weighted by molar-refractivity contribution is 5.94. The van der Waals surface area contributed by atoms with Crippen molar-refractivity contribution in [2.24, 2.45) is 0 Å². The van der Waals surface area contributed by atoms with Crippen molar-refractivity contribution in [3.63, 3.8) is 0 Å². The molecule has 4 heterocycles. The second kappa shape index (κ2) is 9.92. The van der Waals surface area contributed by atoms with Crippen molar-refractivity contribution in [2.45, 2.75) is 25.2 Å². The van der Waals surface area contributed by atoms with Crippen LogP contribution in [0.1, 0.15) is 41.5 Å². The summed E-state index contributed by atoms with van der Waals surface area (Å²) >= 11 is 0. The van der Waals surface area contributed by atoms with Crippen molar-refractivity contribution in [1.82, 2.24) is 39.6 Å². The number of amides is 2. The van der Waals surface area contributed by atoms with E-state index in [0.717, 1.165) is 35.1 Å². The molecule has 0 unspecified atom stereocenters. The monoisotopic (exact) mass is 548 g/mol. The zero-order valence-electron chi connectivity index (χ0n) is 22.6. The van der Waals surface area contributed by atoms with Gasteiger partial charge >= 0.3 is 6.09 Å². The molecule has 2 aromatic carbocycles. The molecule has 1 aliphatic heterocycles. The van der Waals surface area contributed by atoms with Gasteiger partial charge in [0.15, 0.2) is 5.82 Å². The van der Waals surface area contributed by atoms with Crippen LogP contribution in [-0.4, -0.2) is 84.4 Å². The number of carbonyl (C=O) groups excluding carboxylic acids is 2. The molecule has 1 aliphatic carbocycles. The third kappa shape index (κ3) is 4.43. The van der Waals surface area contributed by atoms with Gasteiger partial charge in [-0.25, -0.2) is 9.78 Å². The van der Waals surface area contributed by atoms with Crippen molar-refractivity contribution in [2.75, 3.05) is 32.8 Å². The minimum atomic E-state index is -0.333. The number of nitrogens with zero attached hydrogens (tertiary/aromatic N) is 8. The molecule has 2 aliphatic rings. The fourth-order valence-electron chi connectivity index (χ4n) is 5.54. The summed E-state index contributed by atoms with van der Waals surface area (Å²) in [5, 5.41) is 14.8. The summed E-state index contributed by atoms with van der Waals surface area (Å²) in [4.78, 5) is 37.4. The minimum Gasteiger partial charge on any atom is -0.450 e. The standard InChI is InChI=1S/C30H28N8O3/c1-2-41-29(40)37-16-14-36(15-17-37)26(39)21-7-5-20(6-8-21)25-19-32-28-34-33-27(38(28)35-25)30(11-12-30)23-9-10-24-22(18-23)4-3-13-31-24/h3-10,13,18-19H,2,11-12,14-17H2,1H3. The predicted molar refractivity (Wildman–Crippen MR) is 150 cm³/mol. The fourth-order valence-corrected chi connectivity index (χ4v) is 5.54. The van der Waals surface area contributed by atoms with E-state index in [1.165, 1.54) is 5.56 Å². The number of ether oxygens (including phenoxy) is 1. The summed E-state index contributed by atoms with van der Waals surface area (Å²) in [6.45, 7) is 3.96. The van der Waals surface area contributed by atoms with Crippen LogP contribution >= 0.6 is 0 Å². The van der Waals surface area contributed by atoms with Gasteiger partial charge in [-0.15, -0.1) is 10.2 Å². The Balaban J connectivity index is 1.12. The zero-order valence-corrected chi connectivity index (χ0v) is 22.6. The number of benzene rings is 2. The van der Waals surface area contributed by atoms with Gasteiger partial charge in [-0.3, -0.25) is 9.78 Å². The number of carbonyl (C=O) groups is 2. The molecule has 2 fully saturated rings. The second-order valence-electron chi connectivity index (χ2n) is 10.4. The van der Waals surface area contributed by atoms with Gasteiger partial charge in [0, 0.05) is 48.9 Å². The van der Waals surface area contributed by atoms with Crippen LogP contribution in [0.15, 0.2) is 67.0 Å². The highest BCUT2D eigenvalue weighted by Crippen LogP contribution is 2.53. The van der Waals surface area contributed by atoms with Crippen molar-refractivity contribution in [3.8, 4) is 11.3 Å². The Hall–Kier alpha value is -4.93. The van der Waals surface area contributed by atoms with E-state index < -0.39 is 0 Å². The average molecular weight is 549 g/mol. The van der Waals surface area contributed by atoms with Crippen molar-refractivity contribution >= 4 is 28.7 Å². The van der Waals surface area contributed by atoms with Crippen molar-refractivity contribution in [3.05, 3.63) is 83.9 Å². The highest BCUT2D eigenvalue weighted by Gasteiger charge is 2.50. The lowest BCUT2D eigenvalue weighted by Gasteiger charge is -2.34. The number of rotatable bonds is 5. The Kier molecular flexibility index (Phi) is 6.06. The largest absolute Gasteiger partial charge is 0.450 e. The first kappa shape index (κ1) is 25.1. The lowest BCUT2D eigenvalue weighted by atomic mass is 9.94. The first-order valence-electron chi connectivity index (χ1n) is 13.8. The maximum atomic E-state index is 13.1. The topological polar surface area (TPSA) is 119 Å². The van der Waals surface area contributed by atoms with Crippen LogP contribution in [0.4, 0.5) is 4.79 Å². The van der Waals surface area contributed by atoms with Crippen molar-refractivity contribution < 1.29 is 14.3 Å². The lowest BCUT2D eigenvalue weighted by molar-refractivity contribution is 0.0570. The van der Waals surface area contributed by atoms with Gasteiger partial charge in [-0.1, -0.05) is 24.3 Å². The van der Waals surface area contributed by atoms with Crippen LogP contribution < -0.4 is 0 Å². The Morgan fingerprint density at radius 1 is 0.927 bits per heavy atom. The van der Waals surface area contributed by atoms with E-state index in [0.29, 0.717) is 49.8 Å². The van der Waals surface area contributed by atoms with Gasteiger partial charge in [0.1, 0.15) is 5.69 Å². The second-order valence-corrected chi connectivity index (χ2v) is 10.4. The van der Waals surface area contributed by atoms with E-state index in [2.05, 4.69) is 38.4 Å². The molecule has 41 heavy (non-hydrogen) atoms. The molecule has 11 nitrogen and oxygen atoms in total. The normalized spacial score (nSPS) is 16.2. The van der Waals surface area contributed by atoms with Crippen LogP contribution in [0.2, 0.25) is 0 Å². The average Bonchev–Trinajstić information content (AvgIpc) is 3.72. The summed E-state index contributed by atoms with van der Waals surface area (Å²) in [5.74, 6) is 1.16. The van der Waals surface area contributed by atoms with Crippen LogP contribution in [0, 0.1) is 0 Å². The van der Waals surface area contributed by atoms with Gasteiger partial charge in [-0.05, 0) is 55.7 Å². The Morgan fingerprint density at radius 2 is 1.71 bits per heavy atom. The molecule has 0 bridgehead atoms. The Bertz CT molecular complexity index is 1770. The molecule has 1 saturated heterocycles. The number of hydrogen-bond acceptors (Lipinski definition) is 8. The predicted octanol–water partition coefficient (Wildman–Crippen LogP) is 3.73. The first-order chi connectivity index (χ1) is 20.1. The van der Waals surface area contributed by atoms with Crippen LogP contribution in [0.25, 0.3) is 27.9 Å². The van der Waals surface area contributed by atoms with E-state index in [1.54, 1.807) is 45.8 Å². The molecule has 0 radical (unpaired) electrons. The summed E-state index contributed by atoms with van der Waals surface area (Å²) in [7, 11) is 0. The van der Waals surface area contributed by atoms with Crippen molar-refractivity contribution in [1.29, 1.82) is 0 Å². The summed E-state index contributed by atoms with van der Waals surface area (Å²) in [5.41, 5.74) is 3.96. The molecule has 5 aromatic rings. The van der Waals surface area contributed by atoms with E-state index in [9.17, 15) is 9.59 Å². The molecule has 0 N–H and O–H groups in total. The molecule has 1 saturated carbocycles. The van der Waals surface area contributed by atoms with E-state index >= 15 is 0 Å². The maximum absolute atomic E-state index is 13.1. The number of fused-ring (bicyclic) bond motifs is 2. The summed E-state index contributed by atoms with van der Waals surface area (Å²) in [6.07, 6.45) is 5.06. The summed E-state index contributed by atoms with van der Waals surface area (Å²) < 4.78 is 6.81. The number of piperazine rings is 1. The fraction of sp³-hybridized carbons (Fsp3) is 0.300.